The van der Waals surface area contributed by atoms with Crippen LogP contribution in [0.5, 0.6) is 0 Å². The highest BCUT2D eigenvalue weighted by atomic mass is 19.1. The molecule has 4 heteroatoms. The summed E-state index contributed by atoms with van der Waals surface area (Å²) in [5.41, 5.74) is 2.01. The summed E-state index contributed by atoms with van der Waals surface area (Å²) in [6, 6.07) is 5.98. The zero-order chi connectivity index (χ0) is 12.4. The molecular weight excluding hydrogens is 221 g/mol. The molecule has 3 nitrogen and oxygen atoms in total. The Hall–Kier alpha value is -1.68. The number of likely N-dealkylation sites (N-methyl/N-ethyl adjacent to an activating group) is 1. The molecule has 17 heavy (non-hydrogen) atoms. The summed E-state index contributed by atoms with van der Waals surface area (Å²) >= 11 is 0. The van der Waals surface area contributed by atoms with Crippen molar-refractivity contribution in [3.63, 3.8) is 0 Å². The summed E-state index contributed by atoms with van der Waals surface area (Å²) in [4.78, 5) is 13.2. The van der Waals surface area contributed by atoms with Crippen LogP contribution in [0.25, 0.3) is 5.57 Å². The van der Waals surface area contributed by atoms with Gasteiger partial charge in [0.2, 0.25) is 0 Å². The molecule has 1 aromatic rings. The van der Waals surface area contributed by atoms with Gasteiger partial charge in [0, 0.05) is 18.7 Å². The van der Waals surface area contributed by atoms with Crippen molar-refractivity contribution in [2.75, 3.05) is 20.1 Å². The first-order valence-electron chi connectivity index (χ1n) is 5.47. The number of hydrogen-bond donors (Lipinski definition) is 1. The number of hydrogen-bond acceptors (Lipinski definition) is 2. The Bertz CT molecular complexity index is 465. The second kappa shape index (κ2) is 4.67. The summed E-state index contributed by atoms with van der Waals surface area (Å²) in [6.45, 7) is 1.33. The van der Waals surface area contributed by atoms with Gasteiger partial charge >= 0.3 is 5.97 Å². The topological polar surface area (TPSA) is 40.5 Å². The Morgan fingerprint density at radius 2 is 2.00 bits per heavy atom. The molecule has 1 aliphatic heterocycles. The third kappa shape index (κ3) is 2.53. The molecule has 0 aliphatic carbocycles. The van der Waals surface area contributed by atoms with Crippen LogP contribution in [-0.4, -0.2) is 36.1 Å². The Kier molecular flexibility index (Phi) is 3.24. The summed E-state index contributed by atoms with van der Waals surface area (Å²) in [7, 11) is 1.95. The van der Waals surface area contributed by atoms with Crippen molar-refractivity contribution in [2.45, 2.75) is 6.42 Å². The summed E-state index contributed by atoms with van der Waals surface area (Å²) < 4.78 is 12.8. The number of carboxylic acid groups (broad SMARTS) is 1. The summed E-state index contributed by atoms with van der Waals surface area (Å²) in [6.07, 6.45) is 0.526. The smallest absolute Gasteiger partial charge is 0.331 e. The van der Waals surface area contributed by atoms with E-state index in [-0.39, 0.29) is 5.82 Å². The van der Waals surface area contributed by atoms with Crippen LogP contribution in [0, 0.1) is 5.82 Å². The fraction of sp³-hybridized carbons (Fsp3) is 0.308. The lowest BCUT2D eigenvalue weighted by atomic mass is 9.94. The number of aliphatic carboxylic acids is 1. The van der Waals surface area contributed by atoms with Crippen molar-refractivity contribution in [1.82, 2.24) is 4.90 Å². The highest BCUT2D eigenvalue weighted by Gasteiger charge is 2.22. The van der Waals surface area contributed by atoms with E-state index in [1.165, 1.54) is 12.1 Å². The fourth-order valence-electron chi connectivity index (χ4n) is 2.05. The lowest BCUT2D eigenvalue weighted by molar-refractivity contribution is -0.132. The highest BCUT2D eigenvalue weighted by molar-refractivity contribution is 5.97. The molecule has 1 aromatic carbocycles. The second-order valence-corrected chi connectivity index (χ2v) is 4.26. The average molecular weight is 235 g/mol. The van der Waals surface area contributed by atoms with Gasteiger partial charge in [0.25, 0.3) is 0 Å². The van der Waals surface area contributed by atoms with E-state index in [0.717, 1.165) is 17.7 Å². The maximum atomic E-state index is 12.8. The largest absolute Gasteiger partial charge is 0.478 e. The van der Waals surface area contributed by atoms with Crippen LogP contribution in [0.2, 0.25) is 0 Å². The molecule has 0 spiro atoms. The zero-order valence-corrected chi connectivity index (χ0v) is 9.61. The van der Waals surface area contributed by atoms with Gasteiger partial charge in [-0.25, -0.2) is 9.18 Å². The van der Waals surface area contributed by atoms with E-state index >= 15 is 0 Å². The van der Waals surface area contributed by atoms with Gasteiger partial charge in [-0.1, -0.05) is 12.1 Å². The molecule has 0 amide bonds. The van der Waals surface area contributed by atoms with Gasteiger partial charge in [-0.05, 0) is 36.7 Å². The van der Waals surface area contributed by atoms with Crippen LogP contribution in [0.15, 0.2) is 29.8 Å². The van der Waals surface area contributed by atoms with Crippen LogP contribution in [0.4, 0.5) is 4.39 Å². The number of carboxylic acids is 1. The van der Waals surface area contributed by atoms with Crippen LogP contribution in [0.1, 0.15) is 12.0 Å². The molecule has 2 rings (SSSR count). The normalized spacial score (nSPS) is 17.3. The summed E-state index contributed by atoms with van der Waals surface area (Å²) in [5, 5.41) is 9.16. The molecule has 1 N–H and O–H groups in total. The van der Waals surface area contributed by atoms with Crippen molar-refractivity contribution in [3.8, 4) is 0 Å². The minimum atomic E-state index is -0.877. The third-order valence-corrected chi connectivity index (χ3v) is 2.99. The van der Waals surface area contributed by atoms with E-state index in [4.69, 9.17) is 5.11 Å². The first kappa shape index (κ1) is 11.8. The van der Waals surface area contributed by atoms with Crippen molar-refractivity contribution >= 4 is 11.5 Å². The van der Waals surface area contributed by atoms with Crippen molar-refractivity contribution in [1.29, 1.82) is 0 Å². The molecule has 1 aliphatic rings. The predicted molar refractivity (Wildman–Crippen MR) is 63.1 cm³/mol. The van der Waals surface area contributed by atoms with Crippen molar-refractivity contribution in [3.05, 3.63) is 41.2 Å². The molecule has 0 atom stereocenters. The van der Waals surface area contributed by atoms with E-state index in [9.17, 15) is 9.18 Å². The fourth-order valence-corrected chi connectivity index (χ4v) is 2.05. The van der Waals surface area contributed by atoms with E-state index in [1.807, 2.05) is 7.05 Å². The Morgan fingerprint density at radius 1 is 1.35 bits per heavy atom. The van der Waals surface area contributed by atoms with E-state index in [1.54, 1.807) is 12.1 Å². The lowest BCUT2D eigenvalue weighted by Gasteiger charge is -2.26. The minimum absolute atomic E-state index is 0.310. The zero-order valence-electron chi connectivity index (χ0n) is 9.61. The summed E-state index contributed by atoms with van der Waals surface area (Å²) in [5.74, 6) is -1.19. The molecular formula is C13H14FNO2. The van der Waals surface area contributed by atoms with Gasteiger partial charge in [-0.3, -0.25) is 0 Å². The first-order chi connectivity index (χ1) is 8.08. The average Bonchev–Trinajstić information content (AvgIpc) is 2.29. The van der Waals surface area contributed by atoms with Crippen LogP contribution < -0.4 is 0 Å². The van der Waals surface area contributed by atoms with Crippen molar-refractivity contribution < 1.29 is 14.3 Å². The van der Waals surface area contributed by atoms with Gasteiger partial charge in [0.15, 0.2) is 0 Å². The van der Waals surface area contributed by atoms with E-state index in [0.29, 0.717) is 18.5 Å². The maximum absolute atomic E-state index is 12.8. The number of rotatable bonds is 2. The Labute approximate surface area is 99.2 Å². The number of benzene rings is 1. The maximum Gasteiger partial charge on any atom is 0.331 e. The van der Waals surface area contributed by atoms with E-state index in [2.05, 4.69) is 4.90 Å². The third-order valence-electron chi connectivity index (χ3n) is 2.99. The molecule has 0 unspecified atom stereocenters. The molecule has 0 fully saturated rings. The minimum Gasteiger partial charge on any atom is -0.478 e. The van der Waals surface area contributed by atoms with Gasteiger partial charge in [-0.2, -0.15) is 0 Å². The van der Waals surface area contributed by atoms with Gasteiger partial charge < -0.3 is 10.0 Å². The molecule has 0 aromatic heterocycles. The second-order valence-electron chi connectivity index (χ2n) is 4.26. The highest BCUT2D eigenvalue weighted by Crippen LogP contribution is 2.26. The van der Waals surface area contributed by atoms with Gasteiger partial charge in [0.1, 0.15) is 5.82 Å². The van der Waals surface area contributed by atoms with Crippen LogP contribution >= 0.6 is 0 Å². The van der Waals surface area contributed by atoms with E-state index < -0.39 is 5.97 Å². The van der Waals surface area contributed by atoms with Crippen molar-refractivity contribution in [2.24, 2.45) is 0 Å². The number of nitrogens with zero attached hydrogens (tertiary/aromatic N) is 1. The van der Waals surface area contributed by atoms with Crippen LogP contribution in [0.3, 0.4) is 0 Å². The molecule has 0 bridgehead atoms. The SMILES string of the molecule is CN1CCC(C(=O)O)=C(c2ccc(F)cc2)C1. The molecule has 0 saturated heterocycles. The first-order valence-corrected chi connectivity index (χ1v) is 5.47. The van der Waals surface area contributed by atoms with Gasteiger partial charge in [-0.15, -0.1) is 0 Å². The lowest BCUT2D eigenvalue weighted by Crippen LogP contribution is -2.29. The molecule has 90 valence electrons. The molecule has 0 radical (unpaired) electrons. The quantitative estimate of drug-likeness (QED) is 0.852. The Balaban J connectivity index is 2.44. The Morgan fingerprint density at radius 3 is 2.59 bits per heavy atom. The molecule has 1 heterocycles. The number of halogens is 1. The monoisotopic (exact) mass is 235 g/mol. The van der Waals surface area contributed by atoms with Gasteiger partial charge in [0.05, 0.1) is 0 Å². The standard InChI is InChI=1S/C13H14FNO2/c1-15-7-6-11(13(16)17)12(8-15)9-2-4-10(14)5-3-9/h2-5H,6-8H2,1H3,(H,16,17). The number of carbonyl (C=O) groups is 1. The van der Waals surface area contributed by atoms with Crippen LogP contribution in [-0.2, 0) is 4.79 Å². The molecule has 0 saturated carbocycles. The predicted octanol–water partition coefficient (Wildman–Crippen LogP) is 2.00.